The quantitative estimate of drug-likeness (QED) is 0.780. The van der Waals surface area contributed by atoms with E-state index in [0.717, 1.165) is 10.4 Å². The van der Waals surface area contributed by atoms with E-state index in [4.69, 9.17) is 4.74 Å². The molecule has 1 heterocycles. The largest absolute Gasteiger partial charge is 0.479 e. The van der Waals surface area contributed by atoms with Gasteiger partial charge in [-0.05, 0) is 83.3 Å². The number of rotatable bonds is 4. The Labute approximate surface area is 148 Å². The highest BCUT2D eigenvalue weighted by atomic mass is 32.1. The van der Waals surface area contributed by atoms with Crippen LogP contribution in [0.1, 0.15) is 73.4 Å². The van der Waals surface area contributed by atoms with Crippen LogP contribution in [0.3, 0.4) is 0 Å². The van der Waals surface area contributed by atoms with E-state index in [1.807, 2.05) is 27.7 Å². The second-order valence-corrected chi connectivity index (χ2v) is 9.61. The van der Waals surface area contributed by atoms with E-state index in [1.54, 1.807) is 11.3 Å². The van der Waals surface area contributed by atoms with Crippen LogP contribution in [0.2, 0.25) is 0 Å². The number of ether oxygens (including phenoxy) is 1. The van der Waals surface area contributed by atoms with E-state index < -0.39 is 17.7 Å². The summed E-state index contributed by atoms with van der Waals surface area (Å²) in [7, 11) is 0. The minimum absolute atomic E-state index is 0.497. The highest BCUT2D eigenvalue weighted by Gasteiger charge is 2.37. The van der Waals surface area contributed by atoms with Crippen molar-refractivity contribution in [3.8, 4) is 0 Å². The third kappa shape index (κ3) is 3.31. The third-order valence-corrected chi connectivity index (χ3v) is 6.22. The van der Waals surface area contributed by atoms with Gasteiger partial charge in [-0.15, -0.1) is 11.3 Å². The zero-order valence-electron chi connectivity index (χ0n) is 15.3. The van der Waals surface area contributed by atoms with Crippen LogP contribution in [0.25, 0.3) is 5.57 Å². The predicted molar refractivity (Wildman–Crippen MR) is 98.4 cm³/mol. The minimum atomic E-state index is -0.897. The summed E-state index contributed by atoms with van der Waals surface area (Å²) in [6.07, 6.45) is 6.57. The van der Waals surface area contributed by atoms with E-state index >= 15 is 0 Å². The zero-order valence-corrected chi connectivity index (χ0v) is 16.1. The summed E-state index contributed by atoms with van der Waals surface area (Å²) < 4.78 is 5.97. The number of carboxylic acid groups (broad SMARTS) is 1. The van der Waals surface area contributed by atoms with Crippen molar-refractivity contribution in [3.63, 3.8) is 0 Å². The number of thiophene rings is 1. The SMILES string of the molecule is Cc1sc(C)c(C(OC(C)(C)C)C(=O)O)c1C1=CC2CCC1CC2. The number of aryl methyl sites for hydroxylation is 2. The predicted octanol–water partition coefficient (Wildman–Crippen LogP) is 5.51. The lowest BCUT2D eigenvalue weighted by atomic mass is 9.69. The van der Waals surface area contributed by atoms with Gasteiger partial charge in [-0.3, -0.25) is 0 Å². The molecule has 3 aliphatic carbocycles. The molecule has 1 atom stereocenters. The van der Waals surface area contributed by atoms with Crippen LogP contribution in [-0.2, 0) is 9.53 Å². The normalized spacial score (nSPS) is 24.8. The molecular formula is C20H28O3S. The lowest BCUT2D eigenvalue weighted by molar-refractivity contribution is -0.160. The van der Waals surface area contributed by atoms with Gasteiger partial charge < -0.3 is 9.84 Å². The number of allylic oxidation sites excluding steroid dienone is 2. The molecular weight excluding hydrogens is 320 g/mol. The van der Waals surface area contributed by atoms with Crippen LogP contribution >= 0.6 is 11.3 Å². The number of fused-ring (bicyclic) bond motifs is 2. The van der Waals surface area contributed by atoms with Crippen molar-refractivity contribution >= 4 is 22.9 Å². The highest BCUT2D eigenvalue weighted by molar-refractivity contribution is 7.12. The standard InChI is InChI=1S/C20H28O3S/c1-11-16(15-10-13-6-8-14(15)9-7-13)17(12(2)24-11)18(19(21)22)23-20(3,4)5/h10,13-14,18H,6-9H2,1-5H3,(H,21,22). The molecule has 1 saturated carbocycles. The monoisotopic (exact) mass is 348 g/mol. The van der Waals surface area contributed by atoms with E-state index in [9.17, 15) is 9.90 Å². The fourth-order valence-corrected chi connectivity index (χ4v) is 5.34. The molecule has 3 nitrogen and oxygen atoms in total. The summed E-state index contributed by atoms with van der Waals surface area (Å²) in [6, 6.07) is 0. The van der Waals surface area contributed by atoms with Crippen molar-refractivity contribution in [1.82, 2.24) is 0 Å². The van der Waals surface area contributed by atoms with Crippen molar-refractivity contribution < 1.29 is 14.6 Å². The maximum absolute atomic E-state index is 12.0. The summed E-state index contributed by atoms with van der Waals surface area (Å²) in [5.74, 6) is 0.364. The number of hydrogen-bond acceptors (Lipinski definition) is 3. The zero-order chi connectivity index (χ0) is 17.6. The van der Waals surface area contributed by atoms with E-state index in [0.29, 0.717) is 11.8 Å². The topological polar surface area (TPSA) is 46.5 Å². The molecule has 0 aromatic carbocycles. The first kappa shape index (κ1) is 17.7. The highest BCUT2D eigenvalue weighted by Crippen LogP contribution is 2.49. The summed E-state index contributed by atoms with van der Waals surface area (Å²) >= 11 is 1.70. The van der Waals surface area contributed by atoms with Gasteiger partial charge in [0.25, 0.3) is 0 Å². The van der Waals surface area contributed by atoms with Crippen molar-refractivity contribution in [2.45, 2.75) is 72.0 Å². The fourth-order valence-electron chi connectivity index (χ4n) is 4.24. The molecule has 4 rings (SSSR count). The molecule has 132 valence electrons. The van der Waals surface area contributed by atoms with E-state index in [-0.39, 0.29) is 0 Å². The summed E-state index contributed by atoms with van der Waals surface area (Å²) in [5.41, 5.74) is 2.95. The molecule has 0 radical (unpaired) electrons. The summed E-state index contributed by atoms with van der Waals surface area (Å²) in [5, 5.41) is 9.84. The average Bonchev–Trinajstić information content (AvgIpc) is 2.79. The Bertz CT molecular complexity index is 670. The van der Waals surface area contributed by atoms with Gasteiger partial charge in [-0.1, -0.05) is 6.08 Å². The first-order chi connectivity index (χ1) is 11.2. The average molecular weight is 349 g/mol. The van der Waals surface area contributed by atoms with Gasteiger partial charge in [0.2, 0.25) is 0 Å². The minimum Gasteiger partial charge on any atom is -0.479 e. The van der Waals surface area contributed by atoms with Gasteiger partial charge in [0.15, 0.2) is 6.10 Å². The van der Waals surface area contributed by atoms with Gasteiger partial charge in [-0.25, -0.2) is 4.79 Å². The smallest absolute Gasteiger partial charge is 0.337 e. The lowest BCUT2D eigenvalue weighted by Crippen LogP contribution is -2.29. The number of carboxylic acids is 1. The molecule has 1 aromatic rings. The molecule has 3 aliphatic rings. The molecule has 1 N–H and O–H groups in total. The van der Waals surface area contributed by atoms with Crippen LogP contribution in [0.4, 0.5) is 0 Å². The molecule has 0 saturated heterocycles. The van der Waals surface area contributed by atoms with Crippen LogP contribution in [0.5, 0.6) is 0 Å². The molecule has 2 bridgehead atoms. The molecule has 0 spiro atoms. The Hall–Kier alpha value is -1.13. The van der Waals surface area contributed by atoms with Crippen LogP contribution < -0.4 is 0 Å². The van der Waals surface area contributed by atoms with Crippen molar-refractivity contribution in [2.24, 2.45) is 11.8 Å². The van der Waals surface area contributed by atoms with Gasteiger partial charge >= 0.3 is 5.97 Å². The lowest BCUT2D eigenvalue weighted by Gasteiger charge is -2.36. The van der Waals surface area contributed by atoms with Crippen LogP contribution in [-0.4, -0.2) is 16.7 Å². The van der Waals surface area contributed by atoms with Crippen LogP contribution in [0.15, 0.2) is 6.08 Å². The Kier molecular flexibility index (Phi) is 4.65. The van der Waals surface area contributed by atoms with Gasteiger partial charge in [-0.2, -0.15) is 0 Å². The maximum Gasteiger partial charge on any atom is 0.337 e. The van der Waals surface area contributed by atoms with Gasteiger partial charge in [0.1, 0.15) is 0 Å². The Morgan fingerprint density at radius 3 is 2.29 bits per heavy atom. The molecule has 1 aromatic heterocycles. The fraction of sp³-hybridized carbons (Fsp3) is 0.650. The van der Waals surface area contributed by atoms with E-state index in [1.165, 1.54) is 41.7 Å². The maximum atomic E-state index is 12.0. The summed E-state index contributed by atoms with van der Waals surface area (Å²) in [6.45, 7) is 9.90. The second-order valence-electron chi connectivity index (χ2n) is 8.19. The molecule has 1 fully saturated rings. The molecule has 0 amide bonds. The summed E-state index contributed by atoms with van der Waals surface area (Å²) in [4.78, 5) is 14.3. The van der Waals surface area contributed by atoms with Crippen LogP contribution in [0, 0.1) is 25.7 Å². The first-order valence-corrected chi connectivity index (χ1v) is 9.71. The third-order valence-electron chi connectivity index (χ3n) is 5.18. The molecule has 0 aliphatic heterocycles. The van der Waals surface area contributed by atoms with Crippen molar-refractivity contribution in [1.29, 1.82) is 0 Å². The number of carbonyl (C=O) groups is 1. The Morgan fingerprint density at radius 2 is 1.83 bits per heavy atom. The van der Waals surface area contributed by atoms with Crippen molar-refractivity contribution in [3.05, 3.63) is 27.0 Å². The number of hydrogen-bond donors (Lipinski definition) is 1. The second kappa shape index (κ2) is 6.30. The molecule has 4 heteroatoms. The van der Waals surface area contributed by atoms with Gasteiger partial charge in [0.05, 0.1) is 5.60 Å². The molecule has 1 unspecified atom stereocenters. The first-order valence-electron chi connectivity index (χ1n) is 8.90. The molecule has 24 heavy (non-hydrogen) atoms. The van der Waals surface area contributed by atoms with Gasteiger partial charge in [0, 0.05) is 15.3 Å². The Balaban J connectivity index is 2.10. The Morgan fingerprint density at radius 1 is 1.21 bits per heavy atom. The number of aliphatic carboxylic acids is 1. The van der Waals surface area contributed by atoms with E-state index in [2.05, 4.69) is 13.0 Å². The van der Waals surface area contributed by atoms with Crippen molar-refractivity contribution in [2.75, 3.05) is 0 Å².